The van der Waals surface area contributed by atoms with E-state index in [9.17, 15) is 13.8 Å². The smallest absolute Gasteiger partial charge is 0.319 e. The van der Waals surface area contributed by atoms with Crippen molar-refractivity contribution in [3.63, 3.8) is 0 Å². The Bertz CT molecular complexity index is 673. The number of nitrogens with one attached hydrogen (secondary N) is 3. The lowest BCUT2D eigenvalue weighted by Gasteiger charge is -2.31. The van der Waals surface area contributed by atoms with E-state index in [-0.39, 0.29) is 29.1 Å². The lowest BCUT2D eigenvalue weighted by atomic mass is 9.95. The molecule has 3 rings (SSSR count). The van der Waals surface area contributed by atoms with Gasteiger partial charge in [-0.3, -0.25) is 9.00 Å². The molecule has 1 aromatic carbocycles. The van der Waals surface area contributed by atoms with E-state index in [0.29, 0.717) is 11.4 Å². The summed E-state index contributed by atoms with van der Waals surface area (Å²) in [5.41, 5.74) is 1.40. The zero-order valence-corrected chi connectivity index (χ0v) is 15.9. The van der Waals surface area contributed by atoms with Crippen LogP contribution in [0, 0.1) is 5.92 Å². The van der Waals surface area contributed by atoms with Crippen molar-refractivity contribution in [1.82, 2.24) is 5.32 Å². The topological polar surface area (TPSA) is 87.3 Å². The van der Waals surface area contributed by atoms with Gasteiger partial charge >= 0.3 is 6.03 Å². The van der Waals surface area contributed by atoms with E-state index in [1.807, 2.05) is 6.92 Å². The Balaban J connectivity index is 1.52. The minimum absolute atomic E-state index is 0.0402. The molecule has 2 aliphatic carbocycles. The van der Waals surface area contributed by atoms with Gasteiger partial charge in [-0.25, -0.2) is 4.79 Å². The standard InChI is InChI=1S/C19H27N3O3S/c1-2-26(25)17-6-4-3-5-16(17)22-19(24)21-15-11-9-14(10-12-15)20-18(23)13-7-8-13/h9-13,16-17H,2-8H2,1H3,(H,20,23)(H2,21,22,24)/t16-,17-,26+/m1/s1. The molecule has 7 heteroatoms. The monoisotopic (exact) mass is 377 g/mol. The third-order valence-corrected chi connectivity index (χ3v) is 6.81. The number of hydrogen-bond acceptors (Lipinski definition) is 3. The van der Waals surface area contributed by atoms with E-state index in [1.165, 1.54) is 0 Å². The van der Waals surface area contributed by atoms with Gasteiger partial charge in [0.05, 0.1) is 5.25 Å². The first-order chi connectivity index (χ1) is 12.6. The van der Waals surface area contributed by atoms with E-state index in [2.05, 4.69) is 16.0 Å². The number of hydrogen-bond donors (Lipinski definition) is 3. The van der Waals surface area contributed by atoms with E-state index >= 15 is 0 Å². The molecule has 0 radical (unpaired) electrons. The lowest BCUT2D eigenvalue weighted by Crippen LogP contribution is -2.48. The maximum absolute atomic E-state index is 12.3. The fourth-order valence-corrected chi connectivity index (χ4v) is 4.78. The van der Waals surface area contributed by atoms with Crippen LogP contribution >= 0.6 is 0 Å². The summed E-state index contributed by atoms with van der Waals surface area (Å²) in [5.74, 6) is 0.852. The van der Waals surface area contributed by atoms with Gasteiger partial charge in [-0.15, -0.1) is 0 Å². The van der Waals surface area contributed by atoms with Crippen molar-refractivity contribution >= 4 is 34.1 Å². The number of benzene rings is 1. The molecular weight excluding hydrogens is 350 g/mol. The molecule has 3 N–H and O–H groups in total. The van der Waals surface area contributed by atoms with Gasteiger partial charge in [-0.05, 0) is 49.9 Å². The summed E-state index contributed by atoms with van der Waals surface area (Å²) < 4.78 is 12.2. The molecule has 142 valence electrons. The molecule has 3 atom stereocenters. The fourth-order valence-electron chi connectivity index (χ4n) is 3.35. The van der Waals surface area contributed by atoms with Crippen LogP contribution < -0.4 is 16.0 Å². The summed E-state index contributed by atoms with van der Waals surface area (Å²) in [6, 6.07) is 6.79. The summed E-state index contributed by atoms with van der Waals surface area (Å²) in [6.45, 7) is 1.92. The van der Waals surface area contributed by atoms with Crippen LogP contribution in [0.4, 0.5) is 16.2 Å². The van der Waals surface area contributed by atoms with Crippen LogP contribution in [0.2, 0.25) is 0 Å². The summed E-state index contributed by atoms with van der Waals surface area (Å²) >= 11 is 0. The van der Waals surface area contributed by atoms with Crippen LogP contribution in [0.5, 0.6) is 0 Å². The first kappa shape index (κ1) is 18.9. The second-order valence-corrected chi connectivity index (χ2v) is 8.98. The van der Waals surface area contributed by atoms with Crippen molar-refractivity contribution in [3.8, 4) is 0 Å². The van der Waals surface area contributed by atoms with Crippen LogP contribution in [0.3, 0.4) is 0 Å². The first-order valence-corrected chi connectivity index (χ1v) is 10.8. The predicted molar refractivity (Wildman–Crippen MR) is 105 cm³/mol. The Morgan fingerprint density at radius 3 is 2.23 bits per heavy atom. The molecule has 0 heterocycles. The zero-order valence-electron chi connectivity index (χ0n) is 15.1. The molecule has 6 nitrogen and oxygen atoms in total. The maximum Gasteiger partial charge on any atom is 0.319 e. The third-order valence-electron chi connectivity index (χ3n) is 5.00. The number of amides is 3. The average Bonchev–Trinajstić information content (AvgIpc) is 3.48. The molecule has 2 aliphatic rings. The number of urea groups is 1. The predicted octanol–water partition coefficient (Wildman–Crippen LogP) is 3.24. The number of rotatable bonds is 6. The van der Waals surface area contributed by atoms with Gasteiger partial charge in [0.1, 0.15) is 0 Å². The summed E-state index contributed by atoms with van der Waals surface area (Å²) in [5, 5.41) is 8.73. The lowest BCUT2D eigenvalue weighted by molar-refractivity contribution is -0.117. The van der Waals surface area contributed by atoms with Crippen LogP contribution in [-0.2, 0) is 15.6 Å². The summed E-state index contributed by atoms with van der Waals surface area (Å²) in [6.07, 6.45) is 5.84. The SMILES string of the molecule is CC[S@](=O)[C@@H]1CCCC[C@H]1NC(=O)Nc1ccc(NC(=O)C2CC2)cc1. The number of carbonyl (C=O) groups excluding carboxylic acids is 2. The zero-order chi connectivity index (χ0) is 18.5. The molecule has 2 fully saturated rings. The van der Waals surface area contributed by atoms with Gasteiger partial charge in [-0.1, -0.05) is 19.8 Å². The molecule has 26 heavy (non-hydrogen) atoms. The second kappa shape index (κ2) is 8.66. The normalized spacial score (nSPS) is 23.7. The highest BCUT2D eigenvalue weighted by Gasteiger charge is 2.30. The minimum Gasteiger partial charge on any atom is -0.334 e. The fraction of sp³-hybridized carbons (Fsp3) is 0.579. The molecule has 0 aromatic heterocycles. The van der Waals surface area contributed by atoms with Crippen molar-refractivity contribution in [1.29, 1.82) is 0 Å². The maximum atomic E-state index is 12.3. The summed E-state index contributed by atoms with van der Waals surface area (Å²) in [4.78, 5) is 24.1. The first-order valence-electron chi connectivity index (χ1n) is 9.42. The molecular formula is C19H27N3O3S. The second-order valence-electron chi connectivity index (χ2n) is 7.04. The molecule has 3 amide bonds. The van der Waals surface area contributed by atoms with E-state index in [1.54, 1.807) is 24.3 Å². The Labute approximate surface area is 157 Å². The summed E-state index contributed by atoms with van der Waals surface area (Å²) in [7, 11) is -0.897. The van der Waals surface area contributed by atoms with Crippen LogP contribution in [0.25, 0.3) is 0 Å². The number of anilines is 2. The molecule has 1 aromatic rings. The van der Waals surface area contributed by atoms with Crippen LogP contribution in [0.1, 0.15) is 45.4 Å². The highest BCUT2D eigenvalue weighted by Crippen LogP contribution is 2.30. The molecule has 0 aliphatic heterocycles. The molecule has 0 bridgehead atoms. The van der Waals surface area contributed by atoms with Crippen molar-refractivity contribution in [2.75, 3.05) is 16.4 Å². The number of carbonyl (C=O) groups is 2. The van der Waals surface area contributed by atoms with Gasteiger partial charge in [0.2, 0.25) is 5.91 Å². The highest BCUT2D eigenvalue weighted by molar-refractivity contribution is 7.85. The van der Waals surface area contributed by atoms with Crippen molar-refractivity contribution < 1.29 is 13.8 Å². The van der Waals surface area contributed by atoms with Gasteiger partial charge < -0.3 is 16.0 Å². The Kier molecular flexibility index (Phi) is 6.29. The van der Waals surface area contributed by atoms with E-state index < -0.39 is 10.8 Å². The highest BCUT2D eigenvalue weighted by atomic mass is 32.2. The van der Waals surface area contributed by atoms with Gasteiger partial charge in [-0.2, -0.15) is 0 Å². The van der Waals surface area contributed by atoms with Crippen molar-refractivity contribution in [2.24, 2.45) is 5.92 Å². The molecule has 2 saturated carbocycles. The van der Waals surface area contributed by atoms with Crippen LogP contribution in [0.15, 0.2) is 24.3 Å². The largest absolute Gasteiger partial charge is 0.334 e. The van der Waals surface area contributed by atoms with Crippen molar-refractivity contribution in [3.05, 3.63) is 24.3 Å². The quantitative estimate of drug-likeness (QED) is 0.711. The van der Waals surface area contributed by atoms with Crippen LogP contribution in [-0.4, -0.2) is 33.2 Å². The Hall–Kier alpha value is -1.89. The average molecular weight is 378 g/mol. The van der Waals surface area contributed by atoms with Gasteiger partial charge in [0.15, 0.2) is 0 Å². The van der Waals surface area contributed by atoms with Gasteiger partial charge in [0, 0.05) is 39.9 Å². The molecule has 0 unspecified atom stereocenters. The van der Waals surface area contributed by atoms with Gasteiger partial charge in [0.25, 0.3) is 0 Å². The third kappa shape index (κ3) is 5.06. The Morgan fingerprint density at radius 2 is 1.62 bits per heavy atom. The molecule has 0 saturated heterocycles. The van der Waals surface area contributed by atoms with E-state index in [0.717, 1.165) is 44.2 Å². The Morgan fingerprint density at radius 1 is 1.00 bits per heavy atom. The molecule has 0 spiro atoms. The minimum atomic E-state index is -0.897. The van der Waals surface area contributed by atoms with Crippen molar-refractivity contribution in [2.45, 2.75) is 56.7 Å². The van der Waals surface area contributed by atoms with E-state index in [4.69, 9.17) is 0 Å².